The van der Waals surface area contributed by atoms with E-state index in [0.29, 0.717) is 0 Å². The maximum atomic E-state index is 11.1. The molecule has 0 aliphatic carbocycles. The summed E-state index contributed by atoms with van der Waals surface area (Å²) >= 11 is -5.14. The average molecular weight is 361 g/mol. The summed E-state index contributed by atoms with van der Waals surface area (Å²) in [5.41, 5.74) is -0.225. The van der Waals surface area contributed by atoms with Gasteiger partial charge in [-0.05, 0) is 0 Å². The van der Waals surface area contributed by atoms with Crippen molar-refractivity contribution in [1.29, 1.82) is 0 Å². The van der Waals surface area contributed by atoms with Crippen LogP contribution in [0.25, 0.3) is 0 Å². The topological polar surface area (TPSA) is 133 Å². The van der Waals surface area contributed by atoms with Crippen molar-refractivity contribution >= 4 is 36.1 Å². The number of rotatable bonds is 3. The van der Waals surface area contributed by atoms with Gasteiger partial charge in [0.15, 0.2) is 0 Å². The van der Waals surface area contributed by atoms with Crippen molar-refractivity contribution in [2.75, 3.05) is 12.4 Å². The van der Waals surface area contributed by atoms with E-state index in [1.165, 1.54) is 32.2 Å². The molecule has 0 atom stereocenters. The number of aromatic hydroxyl groups is 1. The molecule has 0 bridgehead atoms. The van der Waals surface area contributed by atoms with E-state index in [0.717, 1.165) is 6.08 Å². The quantitative estimate of drug-likeness (QED) is 0.241. The summed E-state index contributed by atoms with van der Waals surface area (Å²) in [6, 6.07) is 3.71. The Kier molecular flexibility index (Phi) is 7.51. The number of amides is 1. The predicted molar refractivity (Wildman–Crippen MR) is 75.1 cm³/mol. The summed E-state index contributed by atoms with van der Waals surface area (Å²) in [4.78, 5) is 20.6. The van der Waals surface area contributed by atoms with Crippen LogP contribution in [0.1, 0.15) is 6.92 Å². The van der Waals surface area contributed by atoms with Crippen molar-refractivity contribution in [3.05, 3.63) is 30.9 Å². The molecule has 9 heteroatoms. The van der Waals surface area contributed by atoms with Crippen molar-refractivity contribution in [1.82, 2.24) is 0 Å². The van der Waals surface area contributed by atoms with Gasteiger partial charge in [-0.2, -0.15) is 0 Å². The Morgan fingerprint density at radius 1 is 1.38 bits per heavy atom. The number of benzene rings is 1. The van der Waals surface area contributed by atoms with Gasteiger partial charge >= 0.3 is 94.1 Å². The van der Waals surface area contributed by atoms with Gasteiger partial charge < -0.3 is 4.74 Å². The maximum absolute atomic E-state index is 11.1. The van der Waals surface area contributed by atoms with Crippen molar-refractivity contribution < 1.29 is 31.4 Å². The molecule has 8 nitrogen and oxygen atoms in total. The van der Waals surface area contributed by atoms with E-state index in [1.807, 2.05) is 0 Å². The van der Waals surface area contributed by atoms with E-state index in [1.54, 1.807) is 0 Å². The third-order valence-electron chi connectivity index (χ3n) is 2.00. The molecule has 0 saturated carbocycles. The molecule has 4 N–H and O–H groups in total. The molecule has 0 aliphatic rings. The van der Waals surface area contributed by atoms with E-state index in [-0.39, 0.29) is 15.8 Å². The van der Waals surface area contributed by atoms with Crippen molar-refractivity contribution in [3.8, 4) is 5.75 Å². The first-order chi connectivity index (χ1) is 9.63. The van der Waals surface area contributed by atoms with Crippen LogP contribution in [0.2, 0.25) is 0 Å². The average Bonchev–Trinajstić information content (AvgIpc) is 2.39. The molecular formula is C12H16AsNO7. The number of nitrogens with one attached hydrogen (secondary N) is 1. The fourth-order valence-electron chi connectivity index (χ4n) is 1.16. The SMILES string of the molecule is C=CC(=O)OC.CC(=O)Nc1c(O)cccc1[As](=O)(O)O. The number of phenolic OH excluding ortho intramolecular Hbond substituents is 1. The molecule has 21 heavy (non-hydrogen) atoms. The molecule has 0 aliphatic heterocycles. The van der Waals surface area contributed by atoms with Crippen LogP contribution in [0.5, 0.6) is 5.75 Å². The first kappa shape index (κ1) is 19.0. The Bertz CT molecular complexity index is 579. The molecule has 1 rings (SSSR count). The van der Waals surface area contributed by atoms with E-state index in [9.17, 15) is 18.4 Å². The first-order valence-corrected chi connectivity index (χ1v) is 8.87. The minimum absolute atomic E-state index is 0.225. The summed E-state index contributed by atoms with van der Waals surface area (Å²) in [5, 5.41) is 11.5. The zero-order valence-corrected chi connectivity index (χ0v) is 13.3. The van der Waals surface area contributed by atoms with Crippen LogP contribution in [0.3, 0.4) is 0 Å². The van der Waals surface area contributed by atoms with Gasteiger partial charge in [-0.15, -0.1) is 0 Å². The zero-order chi connectivity index (χ0) is 16.6. The fraction of sp³-hybridized carbons (Fsp3) is 0.167. The van der Waals surface area contributed by atoms with Crippen molar-refractivity contribution in [3.63, 3.8) is 0 Å². The van der Waals surface area contributed by atoms with Crippen LogP contribution >= 0.6 is 0 Å². The van der Waals surface area contributed by atoms with E-state index in [2.05, 4.69) is 16.6 Å². The Morgan fingerprint density at radius 2 is 1.95 bits per heavy atom. The zero-order valence-electron chi connectivity index (χ0n) is 11.4. The Labute approximate surface area is 124 Å². The molecule has 0 radical (unpaired) electrons. The molecule has 0 fully saturated rings. The monoisotopic (exact) mass is 361 g/mol. The Morgan fingerprint density at radius 3 is 2.29 bits per heavy atom. The van der Waals surface area contributed by atoms with Gasteiger partial charge in [0.2, 0.25) is 0 Å². The van der Waals surface area contributed by atoms with Crippen molar-refractivity contribution in [2.24, 2.45) is 0 Å². The van der Waals surface area contributed by atoms with Gasteiger partial charge in [-0.1, -0.05) is 6.58 Å². The third kappa shape index (κ3) is 6.80. The molecule has 0 unspecified atom stereocenters. The van der Waals surface area contributed by atoms with Gasteiger partial charge in [0.25, 0.3) is 0 Å². The normalized spacial score (nSPS) is 9.90. The number of anilines is 1. The molecule has 0 aromatic heterocycles. The van der Waals surface area contributed by atoms with E-state index < -0.39 is 26.0 Å². The number of hydrogen-bond donors (Lipinski definition) is 4. The summed E-state index contributed by atoms with van der Waals surface area (Å²) in [7, 11) is 1.31. The summed E-state index contributed by atoms with van der Waals surface area (Å²) in [6.07, 6.45) is 1.11. The van der Waals surface area contributed by atoms with Gasteiger partial charge in [-0.25, -0.2) is 4.79 Å². The summed E-state index contributed by atoms with van der Waals surface area (Å²) < 4.78 is 32.9. The van der Waals surface area contributed by atoms with Gasteiger partial charge in [0.05, 0.1) is 7.11 Å². The van der Waals surface area contributed by atoms with Crippen LogP contribution in [-0.4, -0.2) is 46.5 Å². The van der Waals surface area contributed by atoms with Crippen LogP contribution in [-0.2, 0) is 18.1 Å². The second-order valence-electron chi connectivity index (χ2n) is 3.62. The fourth-order valence-corrected chi connectivity index (χ4v) is 2.72. The molecule has 0 spiro atoms. The molecule has 1 amide bonds. The van der Waals surface area contributed by atoms with Gasteiger partial charge in [-0.3, -0.25) is 0 Å². The number of para-hydroxylation sites is 1. The number of methoxy groups -OCH3 is 1. The summed E-state index contributed by atoms with van der Waals surface area (Å²) in [5.74, 6) is -1.27. The minimum atomic E-state index is -5.14. The number of carbonyl (C=O) groups is 2. The van der Waals surface area contributed by atoms with E-state index in [4.69, 9.17) is 8.19 Å². The first-order valence-electron chi connectivity index (χ1n) is 5.49. The number of carbonyl (C=O) groups excluding carboxylic acids is 2. The molecule has 1 aromatic carbocycles. The van der Waals surface area contributed by atoms with Crippen molar-refractivity contribution in [2.45, 2.75) is 6.92 Å². The van der Waals surface area contributed by atoms with Crippen LogP contribution in [0, 0.1) is 0 Å². The van der Waals surface area contributed by atoms with Crippen LogP contribution in [0.4, 0.5) is 5.69 Å². The standard InChI is InChI=1S/C8H10AsNO5.C4H6O2/c1-5(11)10-8-6(9(13,14)15)3-2-4-7(8)12;1-3-4(5)6-2/h2-4,12H,1H3,(H,10,11)(H2,13,14,15);3H,1H2,2H3. The Hall–Kier alpha value is -2.02. The molecule has 0 heterocycles. The Balaban J connectivity index is 0.000000567. The number of hydrogen-bond acceptors (Lipinski definition) is 5. The molecule has 0 saturated heterocycles. The number of esters is 1. The second-order valence-corrected chi connectivity index (χ2v) is 6.92. The van der Waals surface area contributed by atoms with E-state index >= 15 is 0 Å². The number of ether oxygens (including phenoxy) is 1. The van der Waals surface area contributed by atoms with Gasteiger partial charge in [0.1, 0.15) is 0 Å². The molecule has 116 valence electrons. The van der Waals surface area contributed by atoms with Crippen LogP contribution < -0.4 is 9.67 Å². The van der Waals surface area contributed by atoms with Crippen LogP contribution in [0.15, 0.2) is 30.9 Å². The molecule has 1 aromatic rings. The predicted octanol–water partition coefficient (Wildman–Crippen LogP) is -0.743. The second kappa shape index (κ2) is 8.31. The number of phenols is 1. The molecular weight excluding hydrogens is 345 g/mol. The van der Waals surface area contributed by atoms with Gasteiger partial charge in [0, 0.05) is 6.08 Å². The third-order valence-corrected chi connectivity index (χ3v) is 4.10. The summed E-state index contributed by atoms with van der Waals surface area (Å²) in [6.45, 7) is 4.34.